The molecule has 1 aliphatic heterocycles. The van der Waals surface area contributed by atoms with Gasteiger partial charge >= 0.3 is 6.43 Å². The Morgan fingerprint density at radius 1 is 1.03 bits per heavy atom. The van der Waals surface area contributed by atoms with Crippen LogP contribution >= 0.6 is 0 Å². The zero-order chi connectivity index (χ0) is 24.4. The molecule has 0 aliphatic carbocycles. The SMILES string of the molecule is CC1CCN(Cc2ccc(-c3cn(Cc4ccc(-c5nnc(C(F)F)o5)cc4F)nn3)cn2)CC1. The van der Waals surface area contributed by atoms with Gasteiger partial charge in [0.25, 0.3) is 5.89 Å². The summed E-state index contributed by atoms with van der Waals surface area (Å²) in [5, 5.41) is 15.1. The summed E-state index contributed by atoms with van der Waals surface area (Å²) in [6.45, 7) is 5.47. The maximum atomic E-state index is 14.7. The second-order valence-corrected chi connectivity index (χ2v) is 8.85. The number of aromatic nitrogens is 6. The maximum absolute atomic E-state index is 14.7. The van der Waals surface area contributed by atoms with Crippen molar-refractivity contribution in [1.29, 1.82) is 0 Å². The lowest BCUT2D eigenvalue weighted by molar-refractivity contribution is 0.116. The molecule has 3 aromatic heterocycles. The fourth-order valence-electron chi connectivity index (χ4n) is 4.05. The minimum Gasteiger partial charge on any atom is -0.415 e. The number of rotatable bonds is 7. The Labute approximate surface area is 199 Å². The molecule has 0 spiro atoms. The Balaban J connectivity index is 1.23. The average Bonchev–Trinajstić information content (AvgIpc) is 3.53. The van der Waals surface area contributed by atoms with Crippen LogP contribution in [0.3, 0.4) is 0 Å². The van der Waals surface area contributed by atoms with Gasteiger partial charge in [-0.2, -0.15) is 8.78 Å². The van der Waals surface area contributed by atoms with Gasteiger partial charge in [-0.05, 0) is 56.1 Å². The van der Waals surface area contributed by atoms with Crippen LogP contribution in [0.4, 0.5) is 13.2 Å². The summed E-state index contributed by atoms with van der Waals surface area (Å²) >= 11 is 0. The van der Waals surface area contributed by atoms with Gasteiger partial charge in [0, 0.05) is 29.4 Å². The van der Waals surface area contributed by atoms with Gasteiger partial charge in [0.1, 0.15) is 11.5 Å². The minimum absolute atomic E-state index is 0.143. The third-order valence-electron chi connectivity index (χ3n) is 6.18. The molecule has 182 valence electrons. The van der Waals surface area contributed by atoms with E-state index in [1.54, 1.807) is 12.4 Å². The van der Waals surface area contributed by atoms with Crippen molar-refractivity contribution < 1.29 is 17.6 Å². The van der Waals surface area contributed by atoms with Gasteiger partial charge in [0.2, 0.25) is 5.89 Å². The van der Waals surface area contributed by atoms with E-state index >= 15 is 0 Å². The Morgan fingerprint density at radius 3 is 2.51 bits per heavy atom. The summed E-state index contributed by atoms with van der Waals surface area (Å²) in [4.78, 5) is 7.01. The number of hydrogen-bond acceptors (Lipinski definition) is 7. The monoisotopic (exact) mass is 483 g/mol. The van der Waals surface area contributed by atoms with Crippen LogP contribution in [0.5, 0.6) is 0 Å². The van der Waals surface area contributed by atoms with E-state index in [-0.39, 0.29) is 18.0 Å². The van der Waals surface area contributed by atoms with E-state index < -0.39 is 18.1 Å². The molecule has 8 nitrogen and oxygen atoms in total. The normalized spacial score (nSPS) is 15.2. The number of hydrogen-bond donors (Lipinski definition) is 0. The quantitative estimate of drug-likeness (QED) is 0.375. The van der Waals surface area contributed by atoms with Crippen LogP contribution < -0.4 is 0 Å². The fraction of sp³-hybridized carbons (Fsp3) is 0.375. The molecule has 4 aromatic rings. The summed E-state index contributed by atoms with van der Waals surface area (Å²) in [7, 11) is 0. The predicted octanol–water partition coefficient (Wildman–Crippen LogP) is 4.75. The van der Waals surface area contributed by atoms with Crippen LogP contribution in [0.1, 0.15) is 43.3 Å². The molecule has 1 saturated heterocycles. The molecule has 1 fully saturated rings. The maximum Gasteiger partial charge on any atom is 0.314 e. The molecule has 0 unspecified atom stereocenters. The minimum atomic E-state index is -2.88. The van der Waals surface area contributed by atoms with E-state index in [4.69, 9.17) is 4.42 Å². The molecule has 0 atom stereocenters. The van der Waals surface area contributed by atoms with Gasteiger partial charge in [0.15, 0.2) is 0 Å². The zero-order valence-corrected chi connectivity index (χ0v) is 19.1. The van der Waals surface area contributed by atoms with Crippen LogP contribution in [-0.2, 0) is 13.1 Å². The number of benzene rings is 1. The average molecular weight is 483 g/mol. The third-order valence-corrected chi connectivity index (χ3v) is 6.18. The molecule has 0 bridgehead atoms. The fourth-order valence-corrected chi connectivity index (χ4v) is 4.05. The summed E-state index contributed by atoms with van der Waals surface area (Å²) in [5.74, 6) is -0.723. The molecule has 4 heterocycles. The Kier molecular flexibility index (Phi) is 6.58. The van der Waals surface area contributed by atoms with Gasteiger partial charge in [0.05, 0.1) is 18.4 Å². The molecule has 1 aliphatic rings. The highest BCUT2D eigenvalue weighted by Crippen LogP contribution is 2.25. The van der Waals surface area contributed by atoms with E-state index in [0.29, 0.717) is 11.3 Å². The second kappa shape index (κ2) is 9.95. The van der Waals surface area contributed by atoms with Crippen molar-refractivity contribution in [1.82, 2.24) is 35.1 Å². The lowest BCUT2D eigenvalue weighted by Gasteiger charge is -2.29. The van der Waals surface area contributed by atoms with Crippen LogP contribution in [0, 0.1) is 11.7 Å². The van der Waals surface area contributed by atoms with E-state index in [9.17, 15) is 13.2 Å². The smallest absolute Gasteiger partial charge is 0.314 e. The number of likely N-dealkylation sites (tertiary alicyclic amines) is 1. The van der Waals surface area contributed by atoms with Crippen LogP contribution in [0.2, 0.25) is 0 Å². The molecule has 5 rings (SSSR count). The number of alkyl halides is 2. The summed E-state index contributed by atoms with van der Waals surface area (Å²) in [5.41, 5.74) is 3.05. The summed E-state index contributed by atoms with van der Waals surface area (Å²) in [6, 6.07) is 8.20. The van der Waals surface area contributed by atoms with Gasteiger partial charge in [-0.25, -0.2) is 9.07 Å². The molecule has 11 heteroatoms. The number of pyridine rings is 1. The first-order valence-corrected chi connectivity index (χ1v) is 11.4. The molecule has 0 N–H and O–H groups in total. The topological polar surface area (TPSA) is 85.8 Å². The van der Waals surface area contributed by atoms with Crippen molar-refractivity contribution >= 4 is 0 Å². The number of nitrogens with zero attached hydrogens (tertiary/aromatic N) is 7. The van der Waals surface area contributed by atoms with Crippen LogP contribution in [-0.4, -0.2) is 48.2 Å². The highest BCUT2D eigenvalue weighted by molar-refractivity contribution is 5.56. The first-order valence-electron chi connectivity index (χ1n) is 11.4. The van der Waals surface area contributed by atoms with Gasteiger partial charge in [-0.3, -0.25) is 9.88 Å². The van der Waals surface area contributed by atoms with Crippen LogP contribution in [0.15, 0.2) is 47.1 Å². The van der Waals surface area contributed by atoms with Gasteiger partial charge < -0.3 is 4.42 Å². The lowest BCUT2D eigenvalue weighted by atomic mass is 9.99. The number of halogens is 3. The molecule has 0 radical (unpaired) electrons. The molecular formula is C24H24F3N7O. The second-order valence-electron chi connectivity index (χ2n) is 8.85. The highest BCUT2D eigenvalue weighted by Gasteiger charge is 2.19. The third kappa shape index (κ3) is 5.40. The van der Waals surface area contributed by atoms with E-state index in [0.717, 1.165) is 36.8 Å². The highest BCUT2D eigenvalue weighted by atomic mass is 19.3. The molecule has 1 aromatic carbocycles. The Hall–Kier alpha value is -3.60. The molecular weight excluding hydrogens is 459 g/mol. The van der Waals surface area contributed by atoms with Gasteiger partial charge in [-0.15, -0.1) is 15.3 Å². The van der Waals surface area contributed by atoms with Crippen molar-refractivity contribution in [3.05, 3.63) is 65.7 Å². The van der Waals surface area contributed by atoms with E-state index in [2.05, 4.69) is 37.3 Å². The summed E-state index contributed by atoms with van der Waals surface area (Å²) in [6.07, 6.45) is 3.07. The zero-order valence-electron chi connectivity index (χ0n) is 19.1. The van der Waals surface area contributed by atoms with E-state index in [1.165, 1.54) is 35.7 Å². The van der Waals surface area contributed by atoms with Crippen LogP contribution in [0.25, 0.3) is 22.7 Å². The first kappa shape index (κ1) is 23.2. The number of piperidine rings is 1. The largest absolute Gasteiger partial charge is 0.415 e. The molecule has 0 saturated carbocycles. The van der Waals surface area contributed by atoms with Crippen molar-refractivity contribution in [3.8, 4) is 22.7 Å². The Morgan fingerprint density at radius 2 is 1.83 bits per heavy atom. The van der Waals surface area contributed by atoms with Crippen molar-refractivity contribution in [3.63, 3.8) is 0 Å². The Bertz CT molecular complexity index is 1280. The standard InChI is InChI=1S/C24H24F3N7O/c1-15-6-8-33(9-7-15)13-19-5-4-17(11-28-19)21-14-34(32-29-21)12-18-3-2-16(10-20(18)25)23-30-31-24(35-23)22(26)27/h2-5,10-11,14-15,22H,6-9,12-13H2,1H3. The van der Waals surface area contributed by atoms with E-state index in [1.807, 2.05) is 12.1 Å². The lowest BCUT2D eigenvalue weighted by Crippen LogP contribution is -2.32. The van der Waals surface area contributed by atoms with Crippen molar-refractivity contribution in [2.45, 2.75) is 39.3 Å². The molecule has 35 heavy (non-hydrogen) atoms. The first-order chi connectivity index (χ1) is 16.9. The van der Waals surface area contributed by atoms with Crippen molar-refractivity contribution in [2.24, 2.45) is 5.92 Å². The van der Waals surface area contributed by atoms with Crippen molar-refractivity contribution in [2.75, 3.05) is 13.1 Å². The van der Waals surface area contributed by atoms with Gasteiger partial charge in [-0.1, -0.05) is 18.2 Å². The molecule has 0 amide bonds. The summed E-state index contributed by atoms with van der Waals surface area (Å²) < 4.78 is 46.3. The predicted molar refractivity (Wildman–Crippen MR) is 121 cm³/mol.